The van der Waals surface area contributed by atoms with Crippen molar-refractivity contribution >= 4 is 22.7 Å². The third-order valence-corrected chi connectivity index (χ3v) is 2.70. The van der Waals surface area contributed by atoms with E-state index in [2.05, 4.69) is 15.0 Å². The fourth-order valence-electron chi connectivity index (χ4n) is 1.66. The fraction of sp³-hybridized carbons (Fsp3) is 0.154. The Kier molecular flexibility index (Phi) is 3.58. The van der Waals surface area contributed by atoms with Crippen molar-refractivity contribution in [1.82, 2.24) is 15.0 Å². The first-order valence-electron chi connectivity index (χ1n) is 5.47. The minimum Gasteiger partial charge on any atom is -0.306 e. The van der Waals surface area contributed by atoms with E-state index in [9.17, 15) is 4.79 Å². The highest BCUT2D eigenvalue weighted by atomic mass is 35.5. The fourth-order valence-corrected chi connectivity index (χ4v) is 1.80. The van der Waals surface area contributed by atoms with Crippen molar-refractivity contribution in [3.63, 3.8) is 0 Å². The van der Waals surface area contributed by atoms with Crippen LogP contribution in [0.3, 0.4) is 0 Å². The highest BCUT2D eigenvalue weighted by molar-refractivity contribution is 6.44. The first-order chi connectivity index (χ1) is 8.63. The first-order valence-corrected chi connectivity index (χ1v) is 5.84. The number of pyridine rings is 1. The summed E-state index contributed by atoms with van der Waals surface area (Å²) in [6, 6.07) is 3.56. The molecule has 0 saturated heterocycles. The molecule has 0 aromatic carbocycles. The summed E-state index contributed by atoms with van der Waals surface area (Å²) in [5.41, 5.74) is 0.596. The number of rotatable bonds is 1. The van der Waals surface area contributed by atoms with Crippen LogP contribution in [0.5, 0.6) is 0 Å². The summed E-state index contributed by atoms with van der Waals surface area (Å²) < 4.78 is 0. The summed E-state index contributed by atoms with van der Waals surface area (Å²) in [5, 5.41) is 1.49. The van der Waals surface area contributed by atoms with Crippen LogP contribution in [-0.2, 0) is 0 Å². The molecule has 4 nitrogen and oxygen atoms in total. The van der Waals surface area contributed by atoms with Gasteiger partial charge >= 0.3 is 0 Å². The predicted octanol–water partition coefficient (Wildman–Crippen LogP) is 0.999. The van der Waals surface area contributed by atoms with Crippen LogP contribution in [0.15, 0.2) is 29.3 Å². The lowest BCUT2D eigenvalue weighted by atomic mass is 10.2. The smallest absolute Gasteiger partial charge is 0.258 e. The lowest BCUT2D eigenvalue weighted by molar-refractivity contribution is 1.06. The van der Waals surface area contributed by atoms with Gasteiger partial charge in [0.15, 0.2) is 0 Å². The molecule has 5 heteroatoms. The molecule has 1 N–H and O–H groups in total. The van der Waals surface area contributed by atoms with Crippen molar-refractivity contribution in [2.45, 2.75) is 13.8 Å². The first kappa shape index (κ1) is 12.5. The van der Waals surface area contributed by atoms with E-state index in [-0.39, 0.29) is 5.56 Å². The Morgan fingerprint density at radius 3 is 2.61 bits per heavy atom. The maximum absolute atomic E-state index is 12.0. The van der Waals surface area contributed by atoms with Crippen LogP contribution in [-0.4, -0.2) is 15.0 Å². The lowest BCUT2D eigenvalue weighted by Gasteiger charge is -2.01. The van der Waals surface area contributed by atoms with Crippen molar-refractivity contribution in [3.05, 3.63) is 45.4 Å². The second kappa shape index (κ2) is 5.14. The topological polar surface area (TPSA) is 58.6 Å². The monoisotopic (exact) mass is 261 g/mol. The van der Waals surface area contributed by atoms with E-state index >= 15 is 0 Å². The Bertz CT molecular complexity index is 731. The quantitative estimate of drug-likeness (QED) is 0.833. The summed E-state index contributed by atoms with van der Waals surface area (Å²) in [7, 11) is 0. The third-order valence-electron chi connectivity index (χ3n) is 2.52. The lowest BCUT2D eigenvalue weighted by Crippen LogP contribution is -2.43. The molecule has 0 amide bonds. The van der Waals surface area contributed by atoms with Crippen LogP contribution in [0.2, 0.25) is 0 Å². The maximum atomic E-state index is 12.0. The molecule has 0 spiro atoms. The number of nitrogens with one attached hydrogen (secondary N) is 1. The van der Waals surface area contributed by atoms with Gasteiger partial charge < -0.3 is 4.98 Å². The molecule has 0 saturated carbocycles. The number of hydrogen-bond donors (Lipinski definition) is 1. The van der Waals surface area contributed by atoms with Gasteiger partial charge in [0.1, 0.15) is 5.82 Å². The van der Waals surface area contributed by atoms with Gasteiger partial charge in [-0.25, -0.2) is 4.98 Å². The van der Waals surface area contributed by atoms with Gasteiger partial charge in [-0.05, 0) is 26.0 Å². The Morgan fingerprint density at radius 2 is 2.06 bits per heavy atom. The molecule has 0 aliphatic heterocycles. The third kappa shape index (κ3) is 2.33. The molecule has 0 unspecified atom stereocenters. The van der Waals surface area contributed by atoms with Crippen LogP contribution in [0, 0.1) is 0 Å². The minimum absolute atomic E-state index is 0.200. The molecule has 2 heterocycles. The van der Waals surface area contributed by atoms with Gasteiger partial charge in [-0.3, -0.25) is 9.78 Å². The standard InChI is InChI=1S/C13H12ClN3O/c1-3-10-11(8(2)14)16-12(17-13(10)18)9-4-6-15-7-5-9/h3-7H,1-2H3,(H,16,17,18)/b10-3+,11-8?. The van der Waals surface area contributed by atoms with Crippen molar-refractivity contribution in [1.29, 1.82) is 0 Å². The molecule has 0 radical (unpaired) electrons. The van der Waals surface area contributed by atoms with E-state index in [4.69, 9.17) is 11.6 Å². The van der Waals surface area contributed by atoms with Crippen molar-refractivity contribution < 1.29 is 0 Å². The van der Waals surface area contributed by atoms with Crippen molar-refractivity contribution in [2.75, 3.05) is 0 Å². The number of H-pyrrole nitrogens is 1. The molecular weight excluding hydrogens is 250 g/mol. The van der Waals surface area contributed by atoms with Gasteiger partial charge in [0.05, 0.1) is 10.6 Å². The molecule has 0 atom stereocenters. The molecule has 0 bridgehead atoms. The molecule has 0 fully saturated rings. The summed E-state index contributed by atoms with van der Waals surface area (Å²) in [6.45, 7) is 3.49. The zero-order valence-corrected chi connectivity index (χ0v) is 10.8. The van der Waals surface area contributed by atoms with E-state index in [1.54, 1.807) is 44.4 Å². The predicted molar refractivity (Wildman–Crippen MR) is 72.4 cm³/mol. The largest absolute Gasteiger partial charge is 0.306 e. The number of aromatic nitrogens is 3. The zero-order chi connectivity index (χ0) is 13.1. The van der Waals surface area contributed by atoms with E-state index in [0.29, 0.717) is 21.4 Å². The Balaban J connectivity index is 2.84. The number of nitrogens with zero attached hydrogens (tertiary/aromatic N) is 2. The van der Waals surface area contributed by atoms with Gasteiger partial charge in [0.25, 0.3) is 5.56 Å². The summed E-state index contributed by atoms with van der Waals surface area (Å²) in [5.74, 6) is 0.489. The molecule has 2 aromatic heterocycles. The molecule has 2 rings (SSSR count). The van der Waals surface area contributed by atoms with Crippen LogP contribution in [0.1, 0.15) is 13.8 Å². The number of aromatic amines is 1. The summed E-state index contributed by atoms with van der Waals surface area (Å²) in [6.07, 6.45) is 4.99. The molecule has 2 aromatic rings. The molecule has 92 valence electrons. The van der Waals surface area contributed by atoms with Crippen molar-refractivity contribution in [2.24, 2.45) is 0 Å². The van der Waals surface area contributed by atoms with E-state index in [1.165, 1.54) is 0 Å². The van der Waals surface area contributed by atoms with Crippen LogP contribution in [0.4, 0.5) is 0 Å². The number of hydrogen-bond acceptors (Lipinski definition) is 3. The maximum Gasteiger partial charge on any atom is 0.258 e. The second-order valence-electron chi connectivity index (χ2n) is 3.73. The van der Waals surface area contributed by atoms with Crippen LogP contribution >= 0.6 is 11.6 Å². The highest BCUT2D eigenvalue weighted by Crippen LogP contribution is 2.08. The average Bonchev–Trinajstić information content (AvgIpc) is 2.38. The Labute approximate surface area is 109 Å². The second-order valence-corrected chi connectivity index (χ2v) is 4.30. The summed E-state index contributed by atoms with van der Waals surface area (Å²) in [4.78, 5) is 23.0. The molecule has 18 heavy (non-hydrogen) atoms. The summed E-state index contributed by atoms with van der Waals surface area (Å²) >= 11 is 5.99. The Hall–Kier alpha value is -1.94. The average molecular weight is 262 g/mol. The van der Waals surface area contributed by atoms with Gasteiger partial charge in [-0.2, -0.15) is 0 Å². The van der Waals surface area contributed by atoms with Gasteiger partial charge in [0.2, 0.25) is 0 Å². The number of halogens is 1. The van der Waals surface area contributed by atoms with Crippen molar-refractivity contribution in [3.8, 4) is 11.4 Å². The minimum atomic E-state index is -0.200. The molecule has 0 aliphatic rings. The molecule has 0 aliphatic carbocycles. The zero-order valence-electron chi connectivity index (χ0n) is 10.1. The van der Waals surface area contributed by atoms with Gasteiger partial charge in [0, 0.05) is 23.0 Å². The van der Waals surface area contributed by atoms with E-state index in [0.717, 1.165) is 5.56 Å². The molecular formula is C13H12ClN3O. The van der Waals surface area contributed by atoms with Crippen LogP contribution in [0.25, 0.3) is 22.5 Å². The highest BCUT2D eigenvalue weighted by Gasteiger charge is 2.03. The van der Waals surface area contributed by atoms with Crippen LogP contribution < -0.4 is 16.1 Å². The van der Waals surface area contributed by atoms with Gasteiger partial charge in [-0.15, -0.1) is 0 Å². The SMILES string of the molecule is C/C=c1\c(=C(C)Cl)nc(-c2ccncc2)[nH]c1=O. The van der Waals surface area contributed by atoms with Gasteiger partial charge in [-0.1, -0.05) is 17.7 Å². The normalized spacial score (nSPS) is 13.6. The van der Waals surface area contributed by atoms with E-state index < -0.39 is 0 Å². The Morgan fingerprint density at radius 1 is 1.39 bits per heavy atom. The van der Waals surface area contributed by atoms with E-state index in [1.807, 2.05) is 0 Å².